The summed E-state index contributed by atoms with van der Waals surface area (Å²) in [6.45, 7) is 3.89. The number of aliphatic carboxylic acids is 1. The topological polar surface area (TPSA) is 49.3 Å². The second-order valence-electron chi connectivity index (χ2n) is 2.97. The zero-order valence-corrected chi connectivity index (χ0v) is 8.21. The molecule has 0 heterocycles. The summed E-state index contributed by atoms with van der Waals surface area (Å²) in [7, 11) is 0. The molecular weight excluding hydrogens is 166 g/mol. The van der Waals surface area contributed by atoms with Crippen LogP contribution < -0.4 is 5.32 Å². The number of rotatable bonds is 6. The minimum atomic E-state index is -0.824. The van der Waals surface area contributed by atoms with Gasteiger partial charge in [0.15, 0.2) is 0 Å². The fourth-order valence-corrected chi connectivity index (χ4v) is 1.09. The highest BCUT2D eigenvalue weighted by Gasteiger charge is 2.18. The van der Waals surface area contributed by atoms with Gasteiger partial charge in [-0.15, -0.1) is 6.42 Å². The molecule has 13 heavy (non-hydrogen) atoms. The second kappa shape index (κ2) is 6.50. The molecule has 2 atom stereocenters. The number of terminal acetylenes is 1. The van der Waals surface area contributed by atoms with Crippen LogP contribution in [-0.2, 0) is 4.79 Å². The Morgan fingerprint density at radius 2 is 2.23 bits per heavy atom. The predicted octanol–water partition coefficient (Wildman–Crippen LogP) is 1.24. The third kappa shape index (κ3) is 4.54. The normalized spacial score (nSPS) is 14.5. The highest BCUT2D eigenvalue weighted by atomic mass is 16.4. The summed E-state index contributed by atoms with van der Waals surface area (Å²) in [6.07, 6.45) is 7.43. The Hall–Kier alpha value is -1.01. The van der Waals surface area contributed by atoms with E-state index in [1.807, 2.05) is 13.8 Å². The molecule has 3 nitrogen and oxygen atoms in total. The van der Waals surface area contributed by atoms with Gasteiger partial charge in [0.2, 0.25) is 0 Å². The van der Waals surface area contributed by atoms with Crippen molar-refractivity contribution in [3.8, 4) is 12.3 Å². The number of hydrogen-bond donors (Lipinski definition) is 2. The van der Waals surface area contributed by atoms with E-state index in [1.165, 1.54) is 0 Å². The average molecular weight is 183 g/mol. The summed E-state index contributed by atoms with van der Waals surface area (Å²) in [5.74, 6) is 1.70. The van der Waals surface area contributed by atoms with Crippen LogP contribution in [0.5, 0.6) is 0 Å². The first kappa shape index (κ1) is 12.0. The molecule has 0 aliphatic rings. The van der Waals surface area contributed by atoms with Gasteiger partial charge < -0.3 is 5.11 Å². The Balaban J connectivity index is 4.09. The molecule has 0 radical (unpaired) electrons. The number of carboxylic acids is 1. The molecular formula is C10H17NO2. The van der Waals surface area contributed by atoms with Gasteiger partial charge in [0, 0.05) is 0 Å². The Labute approximate surface area is 79.5 Å². The molecule has 0 saturated carbocycles. The van der Waals surface area contributed by atoms with Crippen molar-refractivity contribution in [2.75, 3.05) is 0 Å². The molecule has 0 saturated heterocycles. The Morgan fingerprint density at radius 3 is 2.54 bits per heavy atom. The van der Waals surface area contributed by atoms with E-state index in [0.29, 0.717) is 6.42 Å². The van der Waals surface area contributed by atoms with Gasteiger partial charge in [-0.2, -0.15) is 0 Å². The summed E-state index contributed by atoms with van der Waals surface area (Å²) < 4.78 is 0. The largest absolute Gasteiger partial charge is 0.480 e. The van der Waals surface area contributed by atoms with Crippen molar-refractivity contribution in [3.05, 3.63) is 0 Å². The van der Waals surface area contributed by atoms with Crippen LogP contribution in [-0.4, -0.2) is 23.2 Å². The van der Waals surface area contributed by atoms with Crippen molar-refractivity contribution >= 4 is 5.97 Å². The molecule has 3 heteroatoms. The SMILES string of the molecule is C#CC(CC)NC(CCC)C(=O)O. The van der Waals surface area contributed by atoms with Gasteiger partial charge in [0.1, 0.15) is 6.04 Å². The predicted molar refractivity (Wildman–Crippen MR) is 52.4 cm³/mol. The maximum absolute atomic E-state index is 10.7. The van der Waals surface area contributed by atoms with Crippen LogP contribution >= 0.6 is 0 Å². The van der Waals surface area contributed by atoms with Crippen LogP contribution in [0, 0.1) is 12.3 Å². The van der Waals surface area contributed by atoms with E-state index >= 15 is 0 Å². The van der Waals surface area contributed by atoms with Crippen molar-refractivity contribution in [1.82, 2.24) is 5.32 Å². The molecule has 74 valence electrons. The summed E-state index contributed by atoms with van der Waals surface area (Å²) in [5.41, 5.74) is 0. The van der Waals surface area contributed by atoms with Crippen molar-refractivity contribution in [3.63, 3.8) is 0 Å². The number of hydrogen-bond acceptors (Lipinski definition) is 2. The fourth-order valence-electron chi connectivity index (χ4n) is 1.09. The van der Waals surface area contributed by atoms with Gasteiger partial charge in [-0.25, -0.2) is 0 Å². The summed E-state index contributed by atoms with van der Waals surface area (Å²) in [4.78, 5) is 10.7. The molecule has 0 spiro atoms. The van der Waals surface area contributed by atoms with Crippen molar-refractivity contribution in [2.24, 2.45) is 0 Å². The van der Waals surface area contributed by atoms with Gasteiger partial charge in [-0.3, -0.25) is 10.1 Å². The van der Waals surface area contributed by atoms with Crippen LogP contribution in [0.25, 0.3) is 0 Å². The first-order valence-corrected chi connectivity index (χ1v) is 4.60. The van der Waals surface area contributed by atoms with E-state index < -0.39 is 12.0 Å². The van der Waals surface area contributed by atoms with Gasteiger partial charge in [0.25, 0.3) is 0 Å². The van der Waals surface area contributed by atoms with Crippen LogP contribution in [0.15, 0.2) is 0 Å². The summed E-state index contributed by atoms with van der Waals surface area (Å²) >= 11 is 0. The van der Waals surface area contributed by atoms with Gasteiger partial charge in [-0.1, -0.05) is 26.2 Å². The molecule has 0 fully saturated rings. The standard InChI is InChI=1S/C10H17NO2/c1-4-7-9(10(12)13)11-8(5-2)6-3/h2,8-9,11H,4,6-7H2,1,3H3,(H,12,13). The zero-order chi connectivity index (χ0) is 10.3. The third-order valence-corrected chi connectivity index (χ3v) is 1.89. The zero-order valence-electron chi connectivity index (χ0n) is 8.21. The summed E-state index contributed by atoms with van der Waals surface area (Å²) in [5, 5.41) is 11.7. The monoisotopic (exact) mass is 183 g/mol. The van der Waals surface area contributed by atoms with E-state index in [-0.39, 0.29) is 6.04 Å². The number of nitrogens with one attached hydrogen (secondary N) is 1. The van der Waals surface area contributed by atoms with Crippen LogP contribution in [0.4, 0.5) is 0 Å². The number of carbonyl (C=O) groups is 1. The maximum Gasteiger partial charge on any atom is 0.320 e. The molecule has 2 unspecified atom stereocenters. The first-order chi connectivity index (χ1) is 6.15. The van der Waals surface area contributed by atoms with Gasteiger partial charge in [0.05, 0.1) is 6.04 Å². The van der Waals surface area contributed by atoms with Crippen LogP contribution in [0.1, 0.15) is 33.1 Å². The molecule has 0 aliphatic heterocycles. The molecule has 0 amide bonds. The Morgan fingerprint density at radius 1 is 1.62 bits per heavy atom. The van der Waals surface area contributed by atoms with Crippen molar-refractivity contribution in [1.29, 1.82) is 0 Å². The molecule has 0 aromatic carbocycles. The highest BCUT2D eigenvalue weighted by Crippen LogP contribution is 2.00. The lowest BCUT2D eigenvalue weighted by Gasteiger charge is -2.17. The molecule has 0 aromatic rings. The van der Waals surface area contributed by atoms with E-state index in [9.17, 15) is 4.79 Å². The lowest BCUT2D eigenvalue weighted by atomic mass is 10.1. The molecule has 0 bridgehead atoms. The molecule has 0 aromatic heterocycles. The van der Waals surface area contributed by atoms with E-state index in [1.54, 1.807) is 0 Å². The average Bonchev–Trinajstić information content (AvgIpc) is 2.11. The van der Waals surface area contributed by atoms with Crippen molar-refractivity contribution < 1.29 is 9.90 Å². The lowest BCUT2D eigenvalue weighted by molar-refractivity contribution is -0.139. The first-order valence-electron chi connectivity index (χ1n) is 4.60. The minimum Gasteiger partial charge on any atom is -0.480 e. The van der Waals surface area contributed by atoms with Crippen LogP contribution in [0.3, 0.4) is 0 Å². The summed E-state index contributed by atoms with van der Waals surface area (Å²) in [6, 6.07) is -0.640. The lowest BCUT2D eigenvalue weighted by Crippen LogP contribution is -2.42. The quantitative estimate of drug-likeness (QED) is 0.609. The second-order valence-corrected chi connectivity index (χ2v) is 2.97. The number of carboxylic acid groups (broad SMARTS) is 1. The van der Waals surface area contributed by atoms with E-state index in [0.717, 1.165) is 12.8 Å². The smallest absolute Gasteiger partial charge is 0.320 e. The Bertz CT molecular complexity index is 196. The molecule has 0 aliphatic carbocycles. The van der Waals surface area contributed by atoms with E-state index in [2.05, 4.69) is 11.2 Å². The Kier molecular flexibility index (Phi) is 5.99. The molecule has 2 N–H and O–H groups in total. The van der Waals surface area contributed by atoms with Gasteiger partial charge in [-0.05, 0) is 12.8 Å². The fraction of sp³-hybridized carbons (Fsp3) is 0.700. The third-order valence-electron chi connectivity index (χ3n) is 1.89. The van der Waals surface area contributed by atoms with Gasteiger partial charge >= 0.3 is 5.97 Å². The maximum atomic E-state index is 10.7. The molecule has 0 rings (SSSR count). The minimum absolute atomic E-state index is 0.132. The highest BCUT2D eigenvalue weighted by molar-refractivity contribution is 5.73. The van der Waals surface area contributed by atoms with E-state index in [4.69, 9.17) is 11.5 Å². The van der Waals surface area contributed by atoms with Crippen molar-refractivity contribution in [2.45, 2.75) is 45.2 Å². The van der Waals surface area contributed by atoms with Crippen LogP contribution in [0.2, 0.25) is 0 Å².